The highest BCUT2D eigenvalue weighted by Crippen LogP contribution is 2.65. The Morgan fingerprint density at radius 1 is 0.980 bits per heavy atom. The first-order chi connectivity index (χ1) is 23.7. The molecule has 0 unspecified atom stereocenters. The van der Waals surface area contributed by atoms with Crippen molar-refractivity contribution in [3.8, 4) is 0 Å². The molecule has 4 N–H and O–H groups in total. The molecule has 0 bridgehead atoms. The van der Waals surface area contributed by atoms with Crippen LogP contribution in [0.5, 0.6) is 0 Å². The summed E-state index contributed by atoms with van der Waals surface area (Å²) >= 11 is 0. The Labute approximate surface area is 296 Å². The van der Waals surface area contributed by atoms with Crippen molar-refractivity contribution in [2.75, 3.05) is 32.1 Å². The molecule has 3 aliphatic heterocycles. The van der Waals surface area contributed by atoms with Crippen molar-refractivity contribution in [3.05, 3.63) is 12.7 Å². The van der Waals surface area contributed by atoms with E-state index < -0.39 is 67.8 Å². The normalized spacial score (nSPS) is 34.0. The summed E-state index contributed by atoms with van der Waals surface area (Å²) in [7, 11) is -3.46. The minimum absolute atomic E-state index is 0.0442. The molecular formula is C36H57N5O8S. The Balaban J connectivity index is 1.39. The summed E-state index contributed by atoms with van der Waals surface area (Å²) in [6, 6.07) is -3.70. The first-order valence-corrected chi connectivity index (χ1v) is 20.3. The quantitative estimate of drug-likeness (QED) is 0.229. The fourth-order valence-corrected chi connectivity index (χ4v) is 11.6. The molecule has 13 nitrogen and oxygen atoms in total. The Morgan fingerprint density at radius 2 is 1.66 bits per heavy atom. The maximum absolute atomic E-state index is 14.4. The lowest BCUT2D eigenvalue weighted by molar-refractivity contribution is -0.144. The number of ketones is 1. The van der Waals surface area contributed by atoms with Crippen molar-refractivity contribution in [2.24, 2.45) is 17.3 Å². The molecule has 14 heteroatoms. The van der Waals surface area contributed by atoms with Crippen molar-refractivity contribution in [1.82, 2.24) is 26.2 Å². The number of fused-ring (bicyclic) bond motifs is 3. The zero-order valence-corrected chi connectivity index (χ0v) is 30.8. The highest BCUT2D eigenvalue weighted by atomic mass is 32.2. The van der Waals surface area contributed by atoms with E-state index in [1.165, 1.54) is 11.0 Å². The van der Waals surface area contributed by atoms with Crippen LogP contribution in [0.4, 0.5) is 4.79 Å². The first-order valence-electron chi connectivity index (χ1n) is 18.6. The molecule has 3 heterocycles. The molecule has 0 aromatic rings. The number of rotatable bonds is 7. The zero-order valence-electron chi connectivity index (χ0n) is 30.0. The van der Waals surface area contributed by atoms with Crippen LogP contribution in [-0.2, 0) is 33.8 Å². The number of carbonyl (C=O) groups is 5. The maximum atomic E-state index is 14.4. The summed E-state index contributed by atoms with van der Waals surface area (Å²) in [5.41, 5.74) is -1.18. The predicted octanol–water partition coefficient (Wildman–Crippen LogP) is 2.53. The Kier molecular flexibility index (Phi) is 11.7. The van der Waals surface area contributed by atoms with Crippen LogP contribution in [0.1, 0.15) is 104 Å². The average molecular weight is 720 g/mol. The molecule has 2 saturated carbocycles. The van der Waals surface area contributed by atoms with E-state index in [1.54, 1.807) is 6.92 Å². The van der Waals surface area contributed by atoms with E-state index in [2.05, 4.69) is 41.7 Å². The number of hydrogen-bond donors (Lipinski definition) is 4. The van der Waals surface area contributed by atoms with E-state index in [0.717, 1.165) is 44.9 Å². The van der Waals surface area contributed by atoms with Gasteiger partial charge >= 0.3 is 6.03 Å². The van der Waals surface area contributed by atoms with Gasteiger partial charge in [0.1, 0.15) is 12.1 Å². The molecule has 2 aliphatic carbocycles. The number of piperidine rings is 1. The number of nitrogens with one attached hydrogen (secondary N) is 4. The van der Waals surface area contributed by atoms with E-state index in [1.807, 2.05) is 0 Å². The van der Waals surface area contributed by atoms with E-state index in [0.29, 0.717) is 51.7 Å². The lowest BCUT2D eigenvalue weighted by atomic mass is 9.71. The van der Waals surface area contributed by atoms with Gasteiger partial charge in [-0.25, -0.2) is 13.2 Å². The number of carbonyl (C=O) groups excluding carboxylic acids is 5. The topological polar surface area (TPSA) is 180 Å². The SMILES string of the molecule is C=CCNC(=O)C(=O)[C@@H]1CCCCCCCOC[C@H](NC(=O)NC2([C@]3(C)CCCS3(=O)=O)CCCCC2)C(=O)N2C[C@H]3[C@@H]([C@H]2C(=O)N1)C3(C)C. The molecule has 0 spiro atoms. The summed E-state index contributed by atoms with van der Waals surface area (Å²) in [5.74, 6) is -2.53. The molecule has 0 aromatic carbocycles. The Morgan fingerprint density at radius 3 is 2.34 bits per heavy atom. The fraction of sp³-hybridized carbons (Fsp3) is 0.806. The number of nitrogens with zero attached hydrogens (tertiary/aromatic N) is 1. The van der Waals surface area contributed by atoms with Crippen molar-refractivity contribution < 1.29 is 37.1 Å². The minimum Gasteiger partial charge on any atom is -0.379 e. The third-order valence-electron chi connectivity index (χ3n) is 12.5. The second-order valence-electron chi connectivity index (χ2n) is 15.9. The number of urea groups is 1. The molecule has 5 rings (SSSR count). The molecule has 3 saturated heterocycles. The summed E-state index contributed by atoms with van der Waals surface area (Å²) in [6.07, 6.45) is 10.3. The molecule has 5 fully saturated rings. The van der Waals surface area contributed by atoms with Gasteiger partial charge in [-0.2, -0.15) is 0 Å². The van der Waals surface area contributed by atoms with Crippen LogP contribution in [0, 0.1) is 17.3 Å². The zero-order chi connectivity index (χ0) is 36.3. The number of ether oxygens (including phenoxy) is 1. The van der Waals surface area contributed by atoms with E-state index in [-0.39, 0.29) is 36.2 Å². The number of Topliss-reactive ketones (excluding diaryl/α,β-unsaturated/α-hetero) is 1. The average Bonchev–Trinajstić information content (AvgIpc) is 3.34. The number of amides is 5. The van der Waals surface area contributed by atoms with Crippen molar-refractivity contribution >= 4 is 39.4 Å². The highest BCUT2D eigenvalue weighted by Gasteiger charge is 2.69. The molecule has 5 aliphatic rings. The van der Waals surface area contributed by atoms with Gasteiger partial charge in [0, 0.05) is 19.7 Å². The van der Waals surface area contributed by atoms with Gasteiger partial charge < -0.3 is 30.9 Å². The summed E-state index contributed by atoms with van der Waals surface area (Å²) < 4.78 is 31.6. The molecule has 280 valence electrons. The smallest absolute Gasteiger partial charge is 0.316 e. The van der Waals surface area contributed by atoms with Gasteiger partial charge in [-0.15, -0.1) is 6.58 Å². The lowest BCUT2D eigenvalue weighted by Crippen LogP contribution is -2.68. The van der Waals surface area contributed by atoms with E-state index >= 15 is 0 Å². The summed E-state index contributed by atoms with van der Waals surface area (Å²) in [4.78, 5) is 69.8. The lowest BCUT2D eigenvalue weighted by Gasteiger charge is -2.48. The maximum Gasteiger partial charge on any atom is 0.316 e. The van der Waals surface area contributed by atoms with E-state index in [4.69, 9.17) is 4.74 Å². The van der Waals surface area contributed by atoms with Crippen LogP contribution in [-0.4, -0.2) is 103 Å². The van der Waals surface area contributed by atoms with Crippen LogP contribution in [0.15, 0.2) is 12.7 Å². The van der Waals surface area contributed by atoms with Crippen LogP contribution in [0.3, 0.4) is 0 Å². The largest absolute Gasteiger partial charge is 0.379 e. The third kappa shape index (κ3) is 7.47. The molecule has 6 atom stereocenters. The van der Waals surface area contributed by atoms with Gasteiger partial charge in [-0.3, -0.25) is 19.2 Å². The molecule has 50 heavy (non-hydrogen) atoms. The third-order valence-corrected chi connectivity index (χ3v) is 15.3. The molecule has 5 amide bonds. The summed E-state index contributed by atoms with van der Waals surface area (Å²) in [6.45, 7) is 10.1. The minimum atomic E-state index is -3.46. The van der Waals surface area contributed by atoms with Gasteiger partial charge in [-0.1, -0.05) is 64.9 Å². The Hall–Kier alpha value is -3.00. The summed E-state index contributed by atoms with van der Waals surface area (Å²) in [5, 5.41) is 11.3. The van der Waals surface area contributed by atoms with Crippen molar-refractivity contribution in [3.63, 3.8) is 0 Å². The highest BCUT2D eigenvalue weighted by molar-refractivity contribution is 7.93. The van der Waals surface area contributed by atoms with Gasteiger partial charge in [0.2, 0.25) is 17.6 Å². The molecule has 0 aromatic heterocycles. The van der Waals surface area contributed by atoms with Gasteiger partial charge in [0.15, 0.2) is 9.84 Å². The standard InChI is InChI=1S/C36H57N5O8S/c1-5-19-37-31(44)29(42)25-15-10-7-6-8-13-20-49-23-26(32(45)41-22-24-27(34(24,2)3)28(41)30(43)38-25)39-33(46)40-36(17-11-9-12-18-36)35(4)16-14-21-50(35,47)48/h5,24-28H,1,6-23H2,2-4H3,(H,37,44)(H,38,43)(H2,39,40,46)/t24-,25-,26-,27-,28-,35-/m0/s1. The monoisotopic (exact) mass is 719 g/mol. The van der Waals surface area contributed by atoms with Gasteiger partial charge in [0.25, 0.3) is 5.91 Å². The van der Waals surface area contributed by atoms with Gasteiger partial charge in [0.05, 0.1) is 28.7 Å². The van der Waals surface area contributed by atoms with E-state index in [9.17, 15) is 32.4 Å². The van der Waals surface area contributed by atoms with Crippen LogP contribution in [0.2, 0.25) is 0 Å². The predicted molar refractivity (Wildman–Crippen MR) is 188 cm³/mol. The number of hydrogen-bond acceptors (Lipinski definition) is 8. The van der Waals surface area contributed by atoms with Crippen LogP contribution >= 0.6 is 0 Å². The van der Waals surface area contributed by atoms with Gasteiger partial charge in [-0.05, 0) is 62.7 Å². The molecule has 0 radical (unpaired) electrons. The second-order valence-corrected chi connectivity index (χ2v) is 18.4. The molecular weight excluding hydrogens is 662 g/mol. The second kappa shape index (κ2) is 15.3. The van der Waals surface area contributed by atoms with Crippen LogP contribution in [0.25, 0.3) is 0 Å². The van der Waals surface area contributed by atoms with Crippen LogP contribution < -0.4 is 21.3 Å². The van der Waals surface area contributed by atoms with Crippen molar-refractivity contribution in [2.45, 2.75) is 133 Å². The van der Waals surface area contributed by atoms with Crippen molar-refractivity contribution in [1.29, 1.82) is 0 Å². The Bertz CT molecular complexity index is 1440. The fourth-order valence-electron chi connectivity index (χ4n) is 9.28. The first kappa shape index (κ1) is 38.2. The number of sulfone groups is 1.